The third-order valence-corrected chi connectivity index (χ3v) is 2.76. The van der Waals surface area contributed by atoms with E-state index in [9.17, 15) is 9.90 Å². The van der Waals surface area contributed by atoms with E-state index in [1.807, 2.05) is 12.1 Å². The number of carbonyl (C=O) groups is 1. The number of benzene rings is 2. The second-order valence-corrected chi connectivity index (χ2v) is 4.14. The van der Waals surface area contributed by atoms with E-state index in [0.29, 0.717) is 12.1 Å². The summed E-state index contributed by atoms with van der Waals surface area (Å²) in [6.45, 7) is 0.101. The first-order valence-corrected chi connectivity index (χ1v) is 6.00. The Kier molecular flexibility index (Phi) is 4.15. The zero-order chi connectivity index (χ0) is 13.7. The lowest BCUT2D eigenvalue weighted by Crippen LogP contribution is -2.11. The standard InChI is InChI=1S/C15H15NO3/c17-10-9-11-5-7-12(8-6-11)16-15(19)13-3-1-2-4-14(13)18/h1-8,17-18H,9-10H2,(H,16,19). The Hall–Kier alpha value is -2.33. The van der Waals surface area contributed by atoms with Crippen molar-refractivity contribution in [1.29, 1.82) is 0 Å². The zero-order valence-electron chi connectivity index (χ0n) is 10.3. The number of nitrogens with one attached hydrogen (secondary N) is 1. The van der Waals surface area contributed by atoms with E-state index < -0.39 is 0 Å². The Morgan fingerprint density at radius 3 is 2.37 bits per heavy atom. The molecule has 2 aromatic carbocycles. The number of aliphatic hydroxyl groups excluding tert-OH is 1. The Balaban J connectivity index is 2.09. The van der Waals surface area contributed by atoms with Crippen LogP contribution in [0.1, 0.15) is 15.9 Å². The molecule has 0 aliphatic rings. The summed E-state index contributed by atoms with van der Waals surface area (Å²) in [4.78, 5) is 11.9. The topological polar surface area (TPSA) is 69.6 Å². The number of phenolic OH excluding ortho intramolecular Hbond substituents is 1. The van der Waals surface area contributed by atoms with Crippen LogP contribution in [0.4, 0.5) is 5.69 Å². The minimum Gasteiger partial charge on any atom is -0.507 e. The molecule has 0 saturated heterocycles. The van der Waals surface area contributed by atoms with Crippen molar-refractivity contribution in [3.63, 3.8) is 0 Å². The quantitative estimate of drug-likeness (QED) is 0.786. The van der Waals surface area contributed by atoms with Gasteiger partial charge in [0, 0.05) is 12.3 Å². The van der Waals surface area contributed by atoms with Crippen LogP contribution in [0.15, 0.2) is 48.5 Å². The zero-order valence-corrected chi connectivity index (χ0v) is 10.3. The maximum atomic E-state index is 11.9. The number of rotatable bonds is 4. The van der Waals surface area contributed by atoms with Gasteiger partial charge in [-0.15, -0.1) is 0 Å². The Bertz CT molecular complexity index is 564. The van der Waals surface area contributed by atoms with Crippen LogP contribution >= 0.6 is 0 Å². The highest BCUT2D eigenvalue weighted by molar-refractivity contribution is 6.06. The SMILES string of the molecule is O=C(Nc1ccc(CCO)cc1)c1ccccc1O. The molecular formula is C15H15NO3. The van der Waals surface area contributed by atoms with Crippen LogP contribution in [-0.4, -0.2) is 22.7 Å². The van der Waals surface area contributed by atoms with Gasteiger partial charge in [-0.2, -0.15) is 0 Å². The molecule has 2 aromatic rings. The summed E-state index contributed by atoms with van der Waals surface area (Å²) < 4.78 is 0. The van der Waals surface area contributed by atoms with Crippen LogP contribution in [0.3, 0.4) is 0 Å². The molecule has 3 N–H and O–H groups in total. The van der Waals surface area contributed by atoms with E-state index in [0.717, 1.165) is 5.56 Å². The monoisotopic (exact) mass is 257 g/mol. The van der Waals surface area contributed by atoms with Gasteiger partial charge in [-0.1, -0.05) is 24.3 Å². The Morgan fingerprint density at radius 1 is 1.05 bits per heavy atom. The lowest BCUT2D eigenvalue weighted by molar-refractivity contribution is 0.102. The van der Waals surface area contributed by atoms with Crippen molar-refractivity contribution in [3.8, 4) is 5.75 Å². The average Bonchev–Trinajstić information content (AvgIpc) is 2.42. The first-order valence-electron chi connectivity index (χ1n) is 6.00. The van der Waals surface area contributed by atoms with E-state index in [4.69, 9.17) is 5.11 Å². The molecule has 1 amide bonds. The summed E-state index contributed by atoms with van der Waals surface area (Å²) in [5.41, 5.74) is 1.89. The largest absolute Gasteiger partial charge is 0.507 e. The number of amides is 1. The van der Waals surface area contributed by atoms with Crippen LogP contribution < -0.4 is 5.32 Å². The second-order valence-electron chi connectivity index (χ2n) is 4.14. The molecule has 2 rings (SSSR count). The van der Waals surface area contributed by atoms with Crippen molar-refractivity contribution in [1.82, 2.24) is 0 Å². The normalized spacial score (nSPS) is 10.2. The number of aromatic hydroxyl groups is 1. The number of anilines is 1. The number of hydrogen-bond donors (Lipinski definition) is 3. The van der Waals surface area contributed by atoms with Gasteiger partial charge < -0.3 is 15.5 Å². The van der Waals surface area contributed by atoms with Gasteiger partial charge in [0.15, 0.2) is 0 Å². The molecule has 19 heavy (non-hydrogen) atoms. The van der Waals surface area contributed by atoms with E-state index in [2.05, 4.69) is 5.32 Å². The first-order chi connectivity index (χ1) is 9.20. The summed E-state index contributed by atoms with van der Waals surface area (Å²) in [5, 5.41) is 21.1. The number of aliphatic hydroxyl groups is 1. The molecule has 4 nitrogen and oxygen atoms in total. The second kappa shape index (κ2) is 6.02. The highest BCUT2D eigenvalue weighted by Crippen LogP contribution is 2.18. The molecule has 4 heteroatoms. The smallest absolute Gasteiger partial charge is 0.259 e. The Labute approximate surface area is 111 Å². The minimum absolute atomic E-state index is 0.0445. The van der Waals surface area contributed by atoms with Crippen LogP contribution in [0.2, 0.25) is 0 Å². The molecule has 0 aliphatic carbocycles. The van der Waals surface area contributed by atoms with E-state index >= 15 is 0 Å². The molecule has 0 fully saturated rings. The van der Waals surface area contributed by atoms with Gasteiger partial charge in [-0.3, -0.25) is 4.79 Å². The Morgan fingerprint density at radius 2 is 1.74 bits per heavy atom. The predicted molar refractivity (Wildman–Crippen MR) is 73.3 cm³/mol. The average molecular weight is 257 g/mol. The molecule has 0 unspecified atom stereocenters. The molecule has 0 aromatic heterocycles. The van der Waals surface area contributed by atoms with Gasteiger partial charge in [-0.25, -0.2) is 0 Å². The highest BCUT2D eigenvalue weighted by Gasteiger charge is 2.10. The van der Waals surface area contributed by atoms with Crippen molar-refractivity contribution < 1.29 is 15.0 Å². The van der Waals surface area contributed by atoms with Crippen molar-refractivity contribution in [2.75, 3.05) is 11.9 Å². The highest BCUT2D eigenvalue weighted by atomic mass is 16.3. The lowest BCUT2D eigenvalue weighted by atomic mass is 10.1. The van der Waals surface area contributed by atoms with Gasteiger partial charge in [0.1, 0.15) is 5.75 Å². The van der Waals surface area contributed by atoms with Gasteiger partial charge in [-0.05, 0) is 36.2 Å². The third-order valence-electron chi connectivity index (χ3n) is 2.76. The summed E-state index contributed by atoms with van der Waals surface area (Å²) in [6.07, 6.45) is 0.591. The van der Waals surface area contributed by atoms with Crippen molar-refractivity contribution in [3.05, 3.63) is 59.7 Å². The molecular weight excluding hydrogens is 242 g/mol. The van der Waals surface area contributed by atoms with E-state index in [1.54, 1.807) is 30.3 Å². The fourth-order valence-corrected chi connectivity index (χ4v) is 1.75. The molecule has 98 valence electrons. The summed E-state index contributed by atoms with van der Waals surface area (Å²) >= 11 is 0. The number of hydrogen-bond acceptors (Lipinski definition) is 3. The summed E-state index contributed by atoms with van der Waals surface area (Å²) in [5.74, 6) is -0.398. The molecule has 0 heterocycles. The molecule has 0 aliphatic heterocycles. The molecule has 0 atom stereocenters. The predicted octanol–water partition coefficient (Wildman–Crippen LogP) is 2.18. The van der Waals surface area contributed by atoms with Crippen molar-refractivity contribution >= 4 is 11.6 Å². The van der Waals surface area contributed by atoms with E-state index in [-0.39, 0.29) is 23.8 Å². The maximum absolute atomic E-state index is 11.9. The van der Waals surface area contributed by atoms with Crippen molar-refractivity contribution in [2.45, 2.75) is 6.42 Å². The number of para-hydroxylation sites is 1. The molecule has 0 saturated carbocycles. The fourth-order valence-electron chi connectivity index (χ4n) is 1.75. The van der Waals surface area contributed by atoms with Crippen LogP contribution in [0.25, 0.3) is 0 Å². The van der Waals surface area contributed by atoms with Crippen molar-refractivity contribution in [2.24, 2.45) is 0 Å². The summed E-state index contributed by atoms with van der Waals surface area (Å²) in [6, 6.07) is 13.6. The fraction of sp³-hybridized carbons (Fsp3) is 0.133. The van der Waals surface area contributed by atoms with Crippen LogP contribution in [0, 0.1) is 0 Å². The molecule has 0 bridgehead atoms. The third kappa shape index (κ3) is 3.33. The van der Waals surface area contributed by atoms with E-state index in [1.165, 1.54) is 6.07 Å². The first kappa shape index (κ1) is 13.1. The number of phenols is 1. The molecule has 0 radical (unpaired) electrons. The molecule has 0 spiro atoms. The van der Waals surface area contributed by atoms with Crippen LogP contribution in [-0.2, 0) is 6.42 Å². The van der Waals surface area contributed by atoms with Gasteiger partial charge in [0.2, 0.25) is 0 Å². The lowest BCUT2D eigenvalue weighted by Gasteiger charge is -2.07. The minimum atomic E-state index is -0.354. The van der Waals surface area contributed by atoms with Gasteiger partial charge in [0.05, 0.1) is 5.56 Å². The van der Waals surface area contributed by atoms with Gasteiger partial charge in [0.25, 0.3) is 5.91 Å². The van der Waals surface area contributed by atoms with Gasteiger partial charge >= 0.3 is 0 Å². The number of carbonyl (C=O) groups excluding carboxylic acids is 1. The summed E-state index contributed by atoms with van der Waals surface area (Å²) in [7, 11) is 0. The van der Waals surface area contributed by atoms with Crippen LogP contribution in [0.5, 0.6) is 5.75 Å². The maximum Gasteiger partial charge on any atom is 0.259 e.